The van der Waals surface area contributed by atoms with E-state index in [1.54, 1.807) is 12.2 Å². The minimum Gasteiger partial charge on any atom is -0.493 e. The summed E-state index contributed by atoms with van der Waals surface area (Å²) >= 11 is 0. The van der Waals surface area contributed by atoms with Crippen LogP contribution in [-0.2, 0) is 28.9 Å². The van der Waals surface area contributed by atoms with Crippen molar-refractivity contribution in [1.29, 1.82) is 0 Å². The maximum absolute atomic E-state index is 13.2. The molecule has 0 atom stereocenters. The van der Waals surface area contributed by atoms with Crippen LogP contribution >= 0.6 is 0 Å². The van der Waals surface area contributed by atoms with Crippen molar-refractivity contribution in [2.75, 3.05) is 39.6 Å². The zero-order valence-electron chi connectivity index (χ0n) is 29.7. The van der Waals surface area contributed by atoms with Gasteiger partial charge in [0.2, 0.25) is 9.84 Å². The van der Waals surface area contributed by atoms with Gasteiger partial charge in [-0.2, -0.15) is 0 Å². The molecule has 2 fully saturated rings. The number of ether oxygens (including phenoxy) is 6. The van der Waals surface area contributed by atoms with Gasteiger partial charge in [0, 0.05) is 12.2 Å². The van der Waals surface area contributed by atoms with Crippen molar-refractivity contribution >= 4 is 33.9 Å². The Labute approximate surface area is 309 Å². The molecule has 0 N–H and O–H groups in total. The van der Waals surface area contributed by atoms with Crippen LogP contribution in [0.5, 0.6) is 23.0 Å². The van der Waals surface area contributed by atoms with Crippen molar-refractivity contribution in [1.82, 2.24) is 0 Å². The highest BCUT2D eigenvalue weighted by Gasteiger charge is 2.38. The lowest BCUT2D eigenvalue weighted by Crippen LogP contribution is -2.46. The molecule has 0 aromatic heterocycles. The van der Waals surface area contributed by atoms with Crippen molar-refractivity contribution in [2.24, 2.45) is 10.8 Å². The van der Waals surface area contributed by atoms with Gasteiger partial charge < -0.3 is 28.4 Å². The van der Waals surface area contributed by atoms with Crippen LogP contribution in [0.3, 0.4) is 0 Å². The average molecular weight is 739 g/mol. The molecule has 276 valence electrons. The molecule has 0 bridgehead atoms. The first kappa shape index (κ1) is 37.5. The molecular formula is C42H42O10S. The highest BCUT2D eigenvalue weighted by atomic mass is 32.2. The van der Waals surface area contributed by atoms with Crippen LogP contribution < -0.4 is 18.9 Å². The predicted octanol–water partition coefficient (Wildman–Crippen LogP) is 7.37. The van der Waals surface area contributed by atoms with Crippen LogP contribution in [0.25, 0.3) is 12.2 Å². The third-order valence-electron chi connectivity index (χ3n) is 9.51. The first-order chi connectivity index (χ1) is 25.6. The van der Waals surface area contributed by atoms with Gasteiger partial charge in [-0.3, -0.25) is 0 Å². The van der Waals surface area contributed by atoms with Crippen LogP contribution in [0.4, 0.5) is 0 Å². The number of carbonyl (C=O) groups is 2. The van der Waals surface area contributed by atoms with Crippen LogP contribution in [0.15, 0.2) is 119 Å². The van der Waals surface area contributed by atoms with E-state index in [1.165, 1.54) is 60.7 Å². The Bertz CT molecular complexity index is 1870. The maximum Gasteiger partial charge on any atom is 0.336 e. The maximum atomic E-state index is 13.2. The largest absolute Gasteiger partial charge is 0.493 e. The first-order valence-corrected chi connectivity index (χ1v) is 18.9. The molecule has 0 unspecified atom stereocenters. The first-order valence-electron chi connectivity index (χ1n) is 17.5. The molecule has 0 saturated carbocycles. The molecule has 2 aliphatic heterocycles. The molecular weight excluding hydrogens is 697 g/mol. The molecule has 53 heavy (non-hydrogen) atoms. The number of hydrogen-bond acceptors (Lipinski definition) is 10. The fourth-order valence-corrected chi connectivity index (χ4v) is 6.78. The Morgan fingerprint density at radius 1 is 0.566 bits per heavy atom. The smallest absolute Gasteiger partial charge is 0.336 e. The molecule has 2 heterocycles. The highest BCUT2D eigenvalue weighted by molar-refractivity contribution is 7.91. The van der Waals surface area contributed by atoms with Gasteiger partial charge in [-0.15, -0.1) is 0 Å². The zero-order chi connectivity index (χ0) is 37.3. The van der Waals surface area contributed by atoms with E-state index >= 15 is 0 Å². The Morgan fingerprint density at radius 3 is 1.21 bits per heavy atom. The van der Waals surface area contributed by atoms with E-state index in [4.69, 9.17) is 28.4 Å². The van der Waals surface area contributed by atoms with Gasteiger partial charge in [-0.05, 0) is 109 Å². The normalized spacial score (nSPS) is 16.0. The Morgan fingerprint density at radius 2 is 0.906 bits per heavy atom. The third kappa shape index (κ3) is 9.61. The van der Waals surface area contributed by atoms with Gasteiger partial charge in [0.15, 0.2) is 0 Å². The summed E-state index contributed by atoms with van der Waals surface area (Å²) in [4.78, 5) is 24.9. The van der Waals surface area contributed by atoms with Crippen molar-refractivity contribution in [3.05, 3.63) is 120 Å². The molecule has 6 rings (SSSR count). The molecule has 0 amide bonds. The standard InChI is InChI=1S/C42H42O10S/c1-3-41(25-47-26-41)29-49-33-11-5-31(6-12-33)9-23-39(43)51-35-15-19-37(20-16-35)53(45,46)38-21-17-36(18-22-38)52-40(44)24-10-32-7-13-34(14-8-32)50-30-42(4-2)27-48-28-42/h5-24H,3-4,25-30H2,1-2H3/b23-9+,24-10+. The molecule has 11 heteroatoms. The number of carbonyl (C=O) groups excluding carboxylic acids is 2. The summed E-state index contributed by atoms with van der Waals surface area (Å²) < 4.78 is 59.7. The van der Waals surface area contributed by atoms with Gasteiger partial charge in [0.1, 0.15) is 23.0 Å². The lowest BCUT2D eigenvalue weighted by Gasteiger charge is -2.40. The molecule has 10 nitrogen and oxygen atoms in total. The van der Waals surface area contributed by atoms with Crippen LogP contribution in [0.1, 0.15) is 37.8 Å². The van der Waals surface area contributed by atoms with Gasteiger partial charge >= 0.3 is 11.9 Å². The summed E-state index contributed by atoms with van der Waals surface area (Å²) in [6.07, 6.45) is 7.83. The Kier molecular flexibility index (Phi) is 11.8. The molecule has 0 aliphatic carbocycles. The van der Waals surface area contributed by atoms with Crippen LogP contribution in [0.2, 0.25) is 0 Å². The summed E-state index contributed by atoms with van der Waals surface area (Å²) in [5.74, 6) is 0.643. The number of benzene rings is 4. The van der Waals surface area contributed by atoms with Gasteiger partial charge in [-0.1, -0.05) is 38.1 Å². The molecule has 0 spiro atoms. The van der Waals surface area contributed by atoms with Crippen molar-refractivity contribution in [3.63, 3.8) is 0 Å². The number of sulfone groups is 1. The van der Waals surface area contributed by atoms with Crippen molar-refractivity contribution in [3.8, 4) is 23.0 Å². The summed E-state index contributed by atoms with van der Waals surface area (Å²) in [6.45, 7) is 8.30. The lowest BCUT2D eigenvalue weighted by molar-refractivity contribution is -0.133. The fourth-order valence-electron chi connectivity index (χ4n) is 5.52. The quantitative estimate of drug-likeness (QED) is 0.0654. The zero-order valence-corrected chi connectivity index (χ0v) is 30.5. The minimum atomic E-state index is -3.90. The van der Waals surface area contributed by atoms with E-state index in [0.29, 0.717) is 39.6 Å². The SMILES string of the molecule is CCC1(COc2ccc(/C=C/C(=O)Oc3ccc(S(=O)(=O)c4ccc(OC(=O)/C=C/c5ccc(OCC6(CC)COC6)cc5)cc4)cc3)cc2)COC1. The van der Waals surface area contributed by atoms with E-state index in [0.717, 1.165) is 35.5 Å². The minimum absolute atomic E-state index is 0.0101. The fraction of sp³-hybridized carbons (Fsp3) is 0.286. The number of esters is 2. The van der Waals surface area contributed by atoms with E-state index in [2.05, 4.69) is 13.8 Å². The summed E-state index contributed by atoms with van der Waals surface area (Å²) in [5.41, 5.74) is 1.75. The van der Waals surface area contributed by atoms with Gasteiger partial charge in [0.05, 0.1) is 60.3 Å². The van der Waals surface area contributed by atoms with Gasteiger partial charge in [0.25, 0.3) is 0 Å². The lowest BCUT2D eigenvalue weighted by atomic mass is 9.84. The van der Waals surface area contributed by atoms with Crippen LogP contribution in [0, 0.1) is 10.8 Å². The third-order valence-corrected chi connectivity index (χ3v) is 11.3. The monoisotopic (exact) mass is 738 g/mol. The van der Waals surface area contributed by atoms with Crippen molar-refractivity contribution < 1.29 is 46.4 Å². The van der Waals surface area contributed by atoms with Crippen molar-refractivity contribution in [2.45, 2.75) is 36.5 Å². The molecule has 2 saturated heterocycles. The topological polar surface area (TPSA) is 124 Å². The molecule has 2 aliphatic rings. The molecule has 4 aromatic rings. The predicted molar refractivity (Wildman–Crippen MR) is 199 cm³/mol. The molecule has 0 radical (unpaired) electrons. The highest BCUT2D eigenvalue weighted by Crippen LogP contribution is 2.33. The van der Waals surface area contributed by atoms with Crippen LogP contribution in [-0.4, -0.2) is 60.0 Å². The van der Waals surface area contributed by atoms with E-state index < -0.39 is 21.8 Å². The van der Waals surface area contributed by atoms with E-state index in [1.807, 2.05) is 48.5 Å². The second kappa shape index (κ2) is 16.6. The summed E-state index contributed by atoms with van der Waals surface area (Å²) in [7, 11) is -3.90. The van der Waals surface area contributed by atoms with E-state index in [-0.39, 0.29) is 32.1 Å². The molecule has 4 aromatic carbocycles. The van der Waals surface area contributed by atoms with Gasteiger partial charge in [-0.25, -0.2) is 18.0 Å². The second-order valence-corrected chi connectivity index (χ2v) is 15.3. The summed E-state index contributed by atoms with van der Waals surface area (Å²) in [6, 6.07) is 25.8. The summed E-state index contributed by atoms with van der Waals surface area (Å²) in [5, 5.41) is 0. The second-order valence-electron chi connectivity index (χ2n) is 13.4. The average Bonchev–Trinajstić information content (AvgIpc) is 3.14. The number of hydrogen-bond donors (Lipinski definition) is 0. The number of rotatable bonds is 16. The van der Waals surface area contributed by atoms with E-state index in [9.17, 15) is 18.0 Å². The Hall–Kier alpha value is -5.23. The Balaban J connectivity index is 0.957.